The molecular weight excluding hydrogens is 184 g/mol. The maximum Gasteiger partial charge on any atom is 0.155 e. The molecule has 0 bridgehead atoms. The van der Waals surface area contributed by atoms with Gasteiger partial charge >= 0.3 is 0 Å². The molecule has 0 aromatic rings. The summed E-state index contributed by atoms with van der Waals surface area (Å²) in [7, 11) is 0. The lowest BCUT2D eigenvalue weighted by Gasteiger charge is -2.32. The van der Waals surface area contributed by atoms with Crippen molar-refractivity contribution in [3.63, 3.8) is 0 Å². The van der Waals surface area contributed by atoms with Crippen LogP contribution in [0.5, 0.6) is 0 Å². The quantitative estimate of drug-likeness (QED) is 0.505. The molecule has 1 heteroatoms. The fraction of sp³-hybridized carbons (Fsp3) is 0.643. The van der Waals surface area contributed by atoms with Crippen molar-refractivity contribution < 1.29 is 4.79 Å². The predicted octanol–water partition coefficient (Wildman–Crippen LogP) is 3.76. The van der Waals surface area contributed by atoms with Crippen LogP contribution in [0.25, 0.3) is 0 Å². The van der Waals surface area contributed by atoms with Crippen LogP contribution in [-0.2, 0) is 4.79 Å². The average Bonchev–Trinajstić information content (AvgIpc) is 2.15. The van der Waals surface area contributed by atoms with Gasteiger partial charge in [-0.2, -0.15) is 0 Å². The molecule has 0 saturated carbocycles. The Bertz CT molecular complexity index is 275. The van der Waals surface area contributed by atoms with E-state index in [-0.39, 0.29) is 5.78 Å². The second kappa shape index (κ2) is 5.29. The molecule has 0 saturated heterocycles. The minimum Gasteiger partial charge on any atom is -0.295 e. The van der Waals surface area contributed by atoms with Gasteiger partial charge in [0.05, 0.1) is 0 Å². The predicted molar refractivity (Wildman–Crippen MR) is 64.6 cm³/mol. The van der Waals surface area contributed by atoms with Crippen LogP contribution in [0.2, 0.25) is 0 Å². The molecule has 0 fully saturated rings. The van der Waals surface area contributed by atoms with Gasteiger partial charge in [0.15, 0.2) is 5.78 Å². The van der Waals surface area contributed by atoms with E-state index in [0.29, 0.717) is 24.2 Å². The highest BCUT2D eigenvalue weighted by Crippen LogP contribution is 2.36. The summed E-state index contributed by atoms with van der Waals surface area (Å²) in [5, 5.41) is 0. The summed E-state index contributed by atoms with van der Waals surface area (Å²) in [6.45, 7) is 10.3. The van der Waals surface area contributed by atoms with E-state index < -0.39 is 0 Å². The first kappa shape index (κ1) is 12.2. The van der Waals surface area contributed by atoms with E-state index >= 15 is 0 Å². The van der Waals surface area contributed by atoms with E-state index in [0.717, 1.165) is 6.42 Å². The van der Waals surface area contributed by atoms with Crippen molar-refractivity contribution in [1.29, 1.82) is 0 Å². The third-order valence-corrected chi connectivity index (χ3v) is 3.55. The average molecular weight is 206 g/mol. The van der Waals surface area contributed by atoms with Crippen molar-refractivity contribution in [3.8, 4) is 0 Å². The van der Waals surface area contributed by atoms with Crippen molar-refractivity contribution in [1.82, 2.24) is 0 Å². The maximum atomic E-state index is 11.2. The highest BCUT2D eigenvalue weighted by atomic mass is 16.1. The van der Waals surface area contributed by atoms with Gasteiger partial charge in [-0.1, -0.05) is 32.1 Å². The topological polar surface area (TPSA) is 17.1 Å². The number of hydrogen-bond donors (Lipinski definition) is 0. The summed E-state index contributed by atoms with van der Waals surface area (Å²) in [6, 6.07) is 0. The largest absolute Gasteiger partial charge is 0.295 e. The van der Waals surface area contributed by atoms with E-state index in [1.54, 1.807) is 0 Å². The Morgan fingerprint density at radius 1 is 1.60 bits per heavy atom. The van der Waals surface area contributed by atoms with Gasteiger partial charge in [-0.15, -0.1) is 0 Å². The zero-order valence-corrected chi connectivity index (χ0v) is 10.1. The summed E-state index contributed by atoms with van der Waals surface area (Å²) in [6.07, 6.45) is 6.67. The standard InChI is InChI=1S/C14H22O/c1-5-13(15)6-7-14-11(3)8-10(2)9-12(14)4/h5,8,11-12,14H,1,6-7,9H2,2-4H3. The van der Waals surface area contributed by atoms with Crippen molar-refractivity contribution in [2.24, 2.45) is 17.8 Å². The summed E-state index contributed by atoms with van der Waals surface area (Å²) >= 11 is 0. The lowest BCUT2D eigenvalue weighted by Crippen LogP contribution is -2.23. The zero-order valence-electron chi connectivity index (χ0n) is 10.1. The van der Waals surface area contributed by atoms with Crippen molar-refractivity contribution in [3.05, 3.63) is 24.3 Å². The molecule has 0 aromatic carbocycles. The Morgan fingerprint density at radius 2 is 2.27 bits per heavy atom. The molecule has 0 aromatic heterocycles. The minimum atomic E-state index is 0.181. The van der Waals surface area contributed by atoms with E-state index in [9.17, 15) is 4.79 Å². The van der Waals surface area contributed by atoms with E-state index in [4.69, 9.17) is 0 Å². The number of carbonyl (C=O) groups excluding carboxylic acids is 1. The molecular formula is C14H22O. The molecule has 0 heterocycles. The Balaban J connectivity index is 2.54. The molecule has 0 radical (unpaired) electrons. The van der Waals surface area contributed by atoms with Gasteiger partial charge in [0.25, 0.3) is 0 Å². The molecule has 0 amide bonds. The maximum absolute atomic E-state index is 11.2. The highest BCUT2D eigenvalue weighted by molar-refractivity contribution is 5.88. The van der Waals surface area contributed by atoms with Gasteiger partial charge in [-0.3, -0.25) is 4.79 Å². The monoisotopic (exact) mass is 206 g/mol. The molecule has 84 valence electrons. The highest BCUT2D eigenvalue weighted by Gasteiger charge is 2.26. The second-order valence-electron chi connectivity index (χ2n) is 4.93. The van der Waals surface area contributed by atoms with E-state index in [2.05, 4.69) is 33.4 Å². The number of ketones is 1. The molecule has 1 aliphatic carbocycles. The van der Waals surface area contributed by atoms with Crippen LogP contribution >= 0.6 is 0 Å². The normalized spacial score (nSPS) is 30.9. The van der Waals surface area contributed by atoms with Crippen LogP contribution in [0.1, 0.15) is 40.0 Å². The Labute approximate surface area is 93.3 Å². The molecule has 15 heavy (non-hydrogen) atoms. The fourth-order valence-electron chi connectivity index (χ4n) is 2.78. The smallest absolute Gasteiger partial charge is 0.155 e. The Hall–Kier alpha value is -0.850. The van der Waals surface area contributed by atoms with Crippen molar-refractivity contribution in [2.45, 2.75) is 40.0 Å². The molecule has 1 nitrogen and oxygen atoms in total. The molecule has 3 atom stereocenters. The summed E-state index contributed by atoms with van der Waals surface area (Å²) in [4.78, 5) is 11.2. The van der Waals surface area contributed by atoms with Gasteiger partial charge in [-0.25, -0.2) is 0 Å². The van der Waals surface area contributed by atoms with Crippen molar-refractivity contribution in [2.75, 3.05) is 0 Å². The molecule has 0 spiro atoms. The van der Waals surface area contributed by atoms with Crippen LogP contribution in [0.15, 0.2) is 24.3 Å². The number of allylic oxidation sites excluding steroid dienone is 3. The molecule has 0 N–H and O–H groups in total. The first-order valence-corrected chi connectivity index (χ1v) is 5.87. The zero-order chi connectivity index (χ0) is 11.4. The molecule has 1 rings (SSSR count). The third kappa shape index (κ3) is 3.33. The van der Waals surface area contributed by atoms with Crippen molar-refractivity contribution >= 4 is 5.78 Å². The van der Waals surface area contributed by atoms with Gasteiger partial charge in [0, 0.05) is 6.42 Å². The summed E-state index contributed by atoms with van der Waals surface area (Å²) in [5.74, 6) is 2.17. The van der Waals surface area contributed by atoms with Crippen LogP contribution in [0.4, 0.5) is 0 Å². The SMILES string of the molecule is C=CC(=O)CCC1C(C)C=C(C)CC1C. The first-order valence-electron chi connectivity index (χ1n) is 5.87. The summed E-state index contributed by atoms with van der Waals surface area (Å²) in [5.41, 5.74) is 1.50. The number of carbonyl (C=O) groups is 1. The molecule has 3 unspecified atom stereocenters. The molecule has 1 aliphatic rings. The first-order chi connectivity index (χ1) is 7.04. The fourth-order valence-corrected chi connectivity index (χ4v) is 2.78. The lowest BCUT2D eigenvalue weighted by molar-refractivity contribution is -0.115. The Kier molecular flexibility index (Phi) is 4.31. The van der Waals surface area contributed by atoms with E-state index in [1.807, 2.05) is 0 Å². The molecule has 0 aliphatic heterocycles. The van der Waals surface area contributed by atoms with Gasteiger partial charge in [0.1, 0.15) is 0 Å². The van der Waals surface area contributed by atoms with E-state index in [1.165, 1.54) is 18.1 Å². The van der Waals surface area contributed by atoms with Gasteiger partial charge in [-0.05, 0) is 43.6 Å². The third-order valence-electron chi connectivity index (χ3n) is 3.55. The van der Waals surface area contributed by atoms with Gasteiger partial charge < -0.3 is 0 Å². The minimum absolute atomic E-state index is 0.181. The number of hydrogen-bond acceptors (Lipinski definition) is 1. The Morgan fingerprint density at radius 3 is 2.80 bits per heavy atom. The number of rotatable bonds is 4. The van der Waals surface area contributed by atoms with Crippen LogP contribution in [0, 0.1) is 17.8 Å². The van der Waals surface area contributed by atoms with Crippen LogP contribution < -0.4 is 0 Å². The summed E-state index contributed by atoms with van der Waals surface area (Å²) < 4.78 is 0. The van der Waals surface area contributed by atoms with Crippen LogP contribution in [-0.4, -0.2) is 5.78 Å². The van der Waals surface area contributed by atoms with Gasteiger partial charge in [0.2, 0.25) is 0 Å². The van der Waals surface area contributed by atoms with Crippen LogP contribution in [0.3, 0.4) is 0 Å². The second-order valence-corrected chi connectivity index (χ2v) is 4.93. The lowest BCUT2D eigenvalue weighted by atomic mass is 9.73.